The monoisotopic (exact) mass is 589 g/mol. The van der Waals surface area contributed by atoms with Crippen LogP contribution in [0.2, 0.25) is 0 Å². The quantitative estimate of drug-likeness (QED) is 0.202. The maximum absolute atomic E-state index is 6.65. The lowest BCUT2D eigenvalue weighted by atomic mass is 10.0. The molecule has 0 radical (unpaired) electrons. The molecule has 0 saturated carbocycles. The van der Waals surface area contributed by atoms with E-state index in [1.165, 1.54) is 32.6 Å². The van der Waals surface area contributed by atoms with Gasteiger partial charge in [0, 0.05) is 32.6 Å². The molecule has 11 aromatic rings. The van der Waals surface area contributed by atoms with Gasteiger partial charge in [0.15, 0.2) is 5.58 Å². The second-order valence-electron chi connectivity index (χ2n) is 12.0. The maximum Gasteiger partial charge on any atom is 0.307 e. The number of aromatic nitrogens is 3. The molecule has 4 aromatic heterocycles. The summed E-state index contributed by atoms with van der Waals surface area (Å²) in [7, 11) is 0. The van der Waals surface area contributed by atoms with Gasteiger partial charge in [-0.25, -0.2) is 0 Å². The van der Waals surface area contributed by atoms with Crippen molar-refractivity contribution < 1.29 is 8.83 Å². The van der Waals surface area contributed by atoms with E-state index in [4.69, 9.17) is 13.8 Å². The first-order valence-electron chi connectivity index (χ1n) is 15.5. The van der Waals surface area contributed by atoms with Crippen molar-refractivity contribution in [1.29, 1.82) is 0 Å². The van der Waals surface area contributed by atoms with Gasteiger partial charge < -0.3 is 13.4 Å². The number of furan rings is 1. The molecule has 0 aliphatic carbocycles. The second kappa shape index (κ2) is 8.65. The van der Waals surface area contributed by atoms with Crippen LogP contribution < -0.4 is 0 Å². The summed E-state index contributed by atoms with van der Waals surface area (Å²) >= 11 is 0. The summed E-state index contributed by atoms with van der Waals surface area (Å²) < 4.78 is 17.3. The highest BCUT2D eigenvalue weighted by Crippen LogP contribution is 2.40. The number of benzene rings is 7. The van der Waals surface area contributed by atoms with E-state index in [1.54, 1.807) is 0 Å². The van der Waals surface area contributed by atoms with Crippen LogP contribution in [0.3, 0.4) is 0 Å². The van der Waals surface area contributed by atoms with Gasteiger partial charge in [-0.2, -0.15) is 4.98 Å². The van der Waals surface area contributed by atoms with E-state index >= 15 is 0 Å². The van der Waals surface area contributed by atoms with Crippen LogP contribution in [0.1, 0.15) is 0 Å². The Labute approximate surface area is 261 Å². The molecule has 11 rings (SSSR count). The lowest BCUT2D eigenvalue weighted by Crippen LogP contribution is -1.96. The van der Waals surface area contributed by atoms with Crippen molar-refractivity contribution >= 4 is 87.4 Å². The molecule has 0 N–H and O–H groups in total. The number of oxazole rings is 1. The normalized spacial score (nSPS) is 12.3. The van der Waals surface area contributed by atoms with E-state index in [0.29, 0.717) is 6.01 Å². The fourth-order valence-corrected chi connectivity index (χ4v) is 7.60. The molecule has 0 fully saturated rings. The van der Waals surface area contributed by atoms with Crippen LogP contribution in [0.15, 0.2) is 148 Å². The smallest absolute Gasteiger partial charge is 0.307 e. The molecule has 7 aromatic carbocycles. The number of hydrogen-bond acceptors (Lipinski definition) is 3. The van der Waals surface area contributed by atoms with Crippen LogP contribution in [0, 0.1) is 0 Å². The minimum Gasteiger partial charge on any atom is -0.456 e. The van der Waals surface area contributed by atoms with Crippen LogP contribution in [-0.4, -0.2) is 14.1 Å². The van der Waals surface area contributed by atoms with Crippen molar-refractivity contribution in [2.24, 2.45) is 0 Å². The molecular weight excluding hydrogens is 566 g/mol. The number of rotatable bonds is 2. The third kappa shape index (κ3) is 3.06. The zero-order valence-corrected chi connectivity index (χ0v) is 24.4. The standard InChI is InChI=1S/C41H23N3O2/c1-2-10-26-24(9-1)17-20-35-38(26)28-12-4-7-15-33(28)43(35)25-18-21-34-30(23-25)27-11-3-6-14-32(27)44(34)41-42-31-19-22-37-39(40(31)46-41)29-13-5-8-16-36(29)45-37/h1-23H. The van der Waals surface area contributed by atoms with Crippen molar-refractivity contribution in [1.82, 2.24) is 14.1 Å². The molecule has 214 valence electrons. The predicted octanol–water partition coefficient (Wildman–Crippen LogP) is 11.1. The Bertz CT molecular complexity index is 3040. The molecular formula is C41H23N3O2. The highest BCUT2D eigenvalue weighted by Gasteiger charge is 2.21. The zero-order chi connectivity index (χ0) is 29.9. The first-order valence-corrected chi connectivity index (χ1v) is 15.5. The molecule has 5 heteroatoms. The van der Waals surface area contributed by atoms with E-state index in [2.05, 4.69) is 118 Å². The van der Waals surface area contributed by atoms with Crippen molar-refractivity contribution in [2.45, 2.75) is 0 Å². The Morgan fingerprint density at radius 1 is 0.435 bits per heavy atom. The highest BCUT2D eigenvalue weighted by atomic mass is 16.4. The summed E-state index contributed by atoms with van der Waals surface area (Å²) in [6.07, 6.45) is 0. The first kappa shape index (κ1) is 24.0. The number of nitrogens with zero attached hydrogens (tertiary/aromatic N) is 3. The van der Waals surface area contributed by atoms with Crippen molar-refractivity contribution in [3.63, 3.8) is 0 Å². The van der Waals surface area contributed by atoms with E-state index in [9.17, 15) is 0 Å². The van der Waals surface area contributed by atoms with E-state index in [-0.39, 0.29) is 0 Å². The highest BCUT2D eigenvalue weighted by molar-refractivity contribution is 6.21. The van der Waals surface area contributed by atoms with Crippen molar-refractivity contribution in [3.05, 3.63) is 140 Å². The van der Waals surface area contributed by atoms with Gasteiger partial charge >= 0.3 is 6.01 Å². The van der Waals surface area contributed by atoms with Crippen molar-refractivity contribution in [2.75, 3.05) is 0 Å². The third-order valence-electron chi connectivity index (χ3n) is 9.55. The molecule has 5 nitrogen and oxygen atoms in total. The molecule has 0 unspecified atom stereocenters. The lowest BCUT2D eigenvalue weighted by Gasteiger charge is -2.09. The fraction of sp³-hybridized carbons (Fsp3) is 0. The van der Waals surface area contributed by atoms with E-state index in [0.717, 1.165) is 60.5 Å². The summed E-state index contributed by atoms with van der Waals surface area (Å²) in [6.45, 7) is 0. The summed E-state index contributed by atoms with van der Waals surface area (Å²) in [5.74, 6) is 0. The zero-order valence-electron chi connectivity index (χ0n) is 24.4. The molecule has 0 saturated heterocycles. The SMILES string of the molecule is c1ccc2c(c1)ccc1c2c2ccccc2n1-c1ccc2c(c1)c1ccccc1n2-c1nc2ccc3oc4ccccc4c3c2o1. The molecule has 0 atom stereocenters. The Balaban J connectivity index is 1.19. The van der Waals surface area contributed by atoms with Crippen molar-refractivity contribution in [3.8, 4) is 11.7 Å². The molecule has 4 heterocycles. The number of fused-ring (bicyclic) bond motifs is 13. The van der Waals surface area contributed by atoms with E-state index < -0.39 is 0 Å². The average molecular weight is 590 g/mol. The average Bonchev–Trinajstić information content (AvgIpc) is 3.86. The summed E-state index contributed by atoms with van der Waals surface area (Å²) in [4.78, 5) is 5.02. The summed E-state index contributed by atoms with van der Waals surface area (Å²) in [6, 6.07) is 49.6. The Morgan fingerprint density at radius 3 is 2.02 bits per heavy atom. The lowest BCUT2D eigenvalue weighted by molar-refractivity contribution is 0.577. The van der Waals surface area contributed by atoms with Crippen LogP contribution in [0.4, 0.5) is 0 Å². The van der Waals surface area contributed by atoms with Crippen LogP contribution in [0.5, 0.6) is 0 Å². The minimum atomic E-state index is 0.537. The van der Waals surface area contributed by atoms with Gasteiger partial charge in [0.25, 0.3) is 0 Å². The molecule has 0 aliphatic heterocycles. The molecule has 0 spiro atoms. The van der Waals surface area contributed by atoms with Crippen LogP contribution >= 0.6 is 0 Å². The molecule has 0 bridgehead atoms. The second-order valence-corrected chi connectivity index (χ2v) is 12.0. The van der Waals surface area contributed by atoms with Gasteiger partial charge in [0.05, 0.1) is 27.5 Å². The van der Waals surface area contributed by atoms with Gasteiger partial charge in [0.2, 0.25) is 0 Å². The minimum absolute atomic E-state index is 0.537. The largest absolute Gasteiger partial charge is 0.456 e. The Hall–Kier alpha value is -6.33. The van der Waals surface area contributed by atoms with Crippen LogP contribution in [0.25, 0.3) is 99.1 Å². The van der Waals surface area contributed by atoms with Gasteiger partial charge in [-0.3, -0.25) is 4.57 Å². The number of para-hydroxylation sites is 3. The van der Waals surface area contributed by atoms with Gasteiger partial charge in [-0.1, -0.05) is 84.9 Å². The molecule has 46 heavy (non-hydrogen) atoms. The molecule has 0 amide bonds. The first-order chi connectivity index (χ1) is 22.8. The summed E-state index contributed by atoms with van der Waals surface area (Å²) in [5.41, 5.74) is 8.74. The summed E-state index contributed by atoms with van der Waals surface area (Å²) in [5, 5.41) is 9.30. The van der Waals surface area contributed by atoms with E-state index in [1.807, 2.05) is 30.3 Å². The number of hydrogen-bond donors (Lipinski definition) is 0. The van der Waals surface area contributed by atoms with Gasteiger partial charge in [-0.15, -0.1) is 0 Å². The van der Waals surface area contributed by atoms with Gasteiger partial charge in [0.1, 0.15) is 16.7 Å². The Morgan fingerprint density at radius 2 is 1.13 bits per heavy atom. The maximum atomic E-state index is 6.65. The molecule has 0 aliphatic rings. The Kier molecular flexibility index (Phi) is 4.52. The topological polar surface area (TPSA) is 49.0 Å². The van der Waals surface area contributed by atoms with Crippen LogP contribution in [-0.2, 0) is 0 Å². The van der Waals surface area contributed by atoms with Gasteiger partial charge in [-0.05, 0) is 65.4 Å². The predicted molar refractivity (Wildman–Crippen MR) is 187 cm³/mol. The fourth-order valence-electron chi connectivity index (χ4n) is 7.60. The third-order valence-corrected chi connectivity index (χ3v) is 9.55.